The second-order valence-electron chi connectivity index (χ2n) is 6.19. The highest BCUT2D eigenvalue weighted by Gasteiger charge is 2.38. The SMILES string of the molecule is CN1C2CCC1CC(CNc1ccc(Cl)cc1[N+](=O)[O-])C2. The Morgan fingerprint density at radius 3 is 2.67 bits per heavy atom. The summed E-state index contributed by atoms with van der Waals surface area (Å²) >= 11 is 5.83. The number of halogens is 1. The maximum absolute atomic E-state index is 11.1. The Hall–Kier alpha value is -1.33. The predicted molar refractivity (Wildman–Crippen MR) is 83.9 cm³/mol. The van der Waals surface area contributed by atoms with Gasteiger partial charge >= 0.3 is 0 Å². The molecule has 0 aliphatic carbocycles. The Kier molecular flexibility index (Phi) is 4.04. The number of hydrogen-bond donors (Lipinski definition) is 1. The predicted octanol–water partition coefficient (Wildman–Crippen LogP) is 3.53. The Morgan fingerprint density at radius 1 is 1.38 bits per heavy atom. The summed E-state index contributed by atoms with van der Waals surface area (Å²) in [4.78, 5) is 13.2. The van der Waals surface area contributed by atoms with Gasteiger partial charge in [0.05, 0.1) is 4.92 Å². The molecule has 2 bridgehead atoms. The molecule has 3 rings (SSSR count). The molecule has 2 aliphatic heterocycles. The number of nitro benzene ring substituents is 1. The molecule has 1 N–H and O–H groups in total. The lowest BCUT2D eigenvalue weighted by atomic mass is 9.91. The van der Waals surface area contributed by atoms with Crippen LogP contribution in [0.2, 0.25) is 5.02 Å². The molecule has 0 radical (unpaired) electrons. The van der Waals surface area contributed by atoms with Gasteiger partial charge in [0.1, 0.15) is 5.69 Å². The second kappa shape index (κ2) is 5.81. The number of anilines is 1. The molecule has 2 aliphatic rings. The largest absolute Gasteiger partial charge is 0.379 e. The van der Waals surface area contributed by atoms with Crippen LogP contribution in [0.1, 0.15) is 25.7 Å². The van der Waals surface area contributed by atoms with Crippen LogP contribution in [-0.4, -0.2) is 35.5 Å². The minimum absolute atomic E-state index is 0.0541. The van der Waals surface area contributed by atoms with Crippen molar-refractivity contribution >= 4 is 23.0 Å². The molecule has 1 aromatic carbocycles. The maximum atomic E-state index is 11.1. The van der Waals surface area contributed by atoms with Gasteiger partial charge in [-0.3, -0.25) is 10.1 Å². The summed E-state index contributed by atoms with van der Waals surface area (Å²) in [6.07, 6.45) is 4.94. The first-order chi connectivity index (χ1) is 10.0. The minimum atomic E-state index is -0.382. The molecule has 0 spiro atoms. The van der Waals surface area contributed by atoms with Gasteiger partial charge in [0.25, 0.3) is 5.69 Å². The summed E-state index contributed by atoms with van der Waals surface area (Å²) in [5.41, 5.74) is 0.620. The van der Waals surface area contributed by atoms with E-state index in [-0.39, 0.29) is 10.6 Å². The first kappa shape index (κ1) is 14.6. The number of nitro groups is 1. The molecule has 0 amide bonds. The van der Waals surface area contributed by atoms with Crippen LogP contribution in [0.25, 0.3) is 0 Å². The molecule has 2 unspecified atom stereocenters. The Morgan fingerprint density at radius 2 is 2.05 bits per heavy atom. The van der Waals surface area contributed by atoms with Crippen LogP contribution in [0.3, 0.4) is 0 Å². The van der Waals surface area contributed by atoms with Gasteiger partial charge < -0.3 is 10.2 Å². The molecule has 1 aromatic rings. The third-order valence-electron chi connectivity index (χ3n) is 4.93. The van der Waals surface area contributed by atoms with E-state index >= 15 is 0 Å². The van der Waals surface area contributed by atoms with Crippen molar-refractivity contribution in [2.24, 2.45) is 5.92 Å². The number of hydrogen-bond acceptors (Lipinski definition) is 4. The normalized spacial score (nSPS) is 28.6. The van der Waals surface area contributed by atoms with Crippen molar-refractivity contribution in [1.29, 1.82) is 0 Å². The fourth-order valence-corrected chi connectivity index (χ4v) is 3.92. The zero-order chi connectivity index (χ0) is 15.0. The average molecular weight is 310 g/mol. The quantitative estimate of drug-likeness (QED) is 0.683. The zero-order valence-corrected chi connectivity index (χ0v) is 12.8. The van der Waals surface area contributed by atoms with Crippen molar-refractivity contribution in [1.82, 2.24) is 4.90 Å². The molecule has 2 heterocycles. The fraction of sp³-hybridized carbons (Fsp3) is 0.600. The highest BCUT2D eigenvalue weighted by atomic mass is 35.5. The Balaban J connectivity index is 1.65. The highest BCUT2D eigenvalue weighted by Crippen LogP contribution is 2.37. The smallest absolute Gasteiger partial charge is 0.293 e. The van der Waals surface area contributed by atoms with Crippen molar-refractivity contribution < 1.29 is 4.92 Å². The van der Waals surface area contributed by atoms with Gasteiger partial charge in [0.15, 0.2) is 0 Å². The number of nitrogens with zero attached hydrogens (tertiary/aromatic N) is 2. The van der Waals surface area contributed by atoms with E-state index in [9.17, 15) is 10.1 Å². The van der Waals surface area contributed by atoms with Crippen LogP contribution in [0.4, 0.5) is 11.4 Å². The van der Waals surface area contributed by atoms with E-state index in [0.29, 0.717) is 28.7 Å². The van der Waals surface area contributed by atoms with Crippen molar-refractivity contribution in [3.8, 4) is 0 Å². The fourth-order valence-electron chi connectivity index (χ4n) is 3.75. The van der Waals surface area contributed by atoms with Gasteiger partial charge in [-0.2, -0.15) is 0 Å². The molecule has 6 heteroatoms. The van der Waals surface area contributed by atoms with Crippen LogP contribution in [0.5, 0.6) is 0 Å². The molecule has 0 saturated carbocycles. The number of benzene rings is 1. The molecule has 21 heavy (non-hydrogen) atoms. The molecule has 2 saturated heterocycles. The molecule has 114 valence electrons. The topological polar surface area (TPSA) is 58.4 Å². The van der Waals surface area contributed by atoms with Crippen LogP contribution >= 0.6 is 11.6 Å². The third kappa shape index (κ3) is 2.99. The lowest BCUT2D eigenvalue weighted by Crippen LogP contribution is -2.41. The van der Waals surface area contributed by atoms with Crippen molar-refractivity contribution in [3.63, 3.8) is 0 Å². The first-order valence-electron chi connectivity index (χ1n) is 7.44. The second-order valence-corrected chi connectivity index (χ2v) is 6.62. The monoisotopic (exact) mass is 309 g/mol. The van der Waals surface area contributed by atoms with Crippen LogP contribution in [0.15, 0.2) is 18.2 Å². The number of nitrogens with one attached hydrogen (secondary N) is 1. The summed E-state index contributed by atoms with van der Waals surface area (Å²) in [5.74, 6) is 0.592. The highest BCUT2D eigenvalue weighted by molar-refractivity contribution is 6.30. The van der Waals surface area contributed by atoms with Gasteiger partial charge in [-0.25, -0.2) is 0 Å². The van der Waals surface area contributed by atoms with Gasteiger partial charge in [-0.05, 0) is 50.8 Å². The summed E-state index contributed by atoms with van der Waals surface area (Å²) in [5, 5.41) is 14.7. The van der Waals surface area contributed by atoms with E-state index in [0.717, 1.165) is 6.54 Å². The van der Waals surface area contributed by atoms with Gasteiger partial charge in [0.2, 0.25) is 0 Å². The van der Waals surface area contributed by atoms with Crippen LogP contribution < -0.4 is 5.32 Å². The molecule has 0 aromatic heterocycles. The van der Waals surface area contributed by atoms with E-state index in [1.54, 1.807) is 12.1 Å². The number of rotatable bonds is 4. The van der Waals surface area contributed by atoms with Gasteiger partial charge in [-0.15, -0.1) is 0 Å². The molecule has 2 atom stereocenters. The van der Waals surface area contributed by atoms with Gasteiger partial charge in [0, 0.05) is 29.7 Å². The molecular weight excluding hydrogens is 290 g/mol. The van der Waals surface area contributed by atoms with E-state index < -0.39 is 0 Å². The van der Waals surface area contributed by atoms with E-state index in [2.05, 4.69) is 17.3 Å². The Bertz CT molecular complexity index is 538. The van der Waals surface area contributed by atoms with Crippen molar-refractivity contribution in [2.45, 2.75) is 37.8 Å². The first-order valence-corrected chi connectivity index (χ1v) is 7.82. The molecule has 5 nitrogen and oxygen atoms in total. The lowest BCUT2D eigenvalue weighted by molar-refractivity contribution is -0.383. The number of piperidine rings is 1. The summed E-state index contributed by atoms with van der Waals surface area (Å²) in [6, 6.07) is 6.17. The molecular formula is C15H20ClN3O2. The van der Waals surface area contributed by atoms with E-state index in [1.807, 2.05) is 0 Å². The van der Waals surface area contributed by atoms with Crippen molar-refractivity contribution in [3.05, 3.63) is 33.3 Å². The zero-order valence-electron chi connectivity index (χ0n) is 12.1. The maximum Gasteiger partial charge on any atom is 0.293 e. The minimum Gasteiger partial charge on any atom is -0.379 e. The Labute approximate surface area is 129 Å². The van der Waals surface area contributed by atoms with Crippen LogP contribution in [-0.2, 0) is 0 Å². The lowest BCUT2D eigenvalue weighted by Gasteiger charge is -2.36. The summed E-state index contributed by atoms with van der Waals surface area (Å²) < 4.78 is 0. The van der Waals surface area contributed by atoms with Crippen molar-refractivity contribution in [2.75, 3.05) is 18.9 Å². The van der Waals surface area contributed by atoms with E-state index in [4.69, 9.17) is 11.6 Å². The van der Waals surface area contributed by atoms with E-state index in [1.165, 1.54) is 31.7 Å². The molecule has 2 fully saturated rings. The summed E-state index contributed by atoms with van der Waals surface area (Å²) in [7, 11) is 2.22. The van der Waals surface area contributed by atoms with Crippen LogP contribution in [0, 0.1) is 16.0 Å². The summed E-state index contributed by atoms with van der Waals surface area (Å²) in [6.45, 7) is 0.795. The number of fused-ring (bicyclic) bond motifs is 2. The third-order valence-corrected chi connectivity index (χ3v) is 5.17. The average Bonchev–Trinajstić information content (AvgIpc) is 2.68. The van der Waals surface area contributed by atoms with Gasteiger partial charge in [-0.1, -0.05) is 11.6 Å². The standard InChI is InChI=1S/C15H20ClN3O2/c1-18-12-3-4-13(18)7-10(6-12)9-17-14-5-2-11(16)8-15(14)19(20)21/h2,5,8,10,12-13,17H,3-4,6-7,9H2,1H3.